The van der Waals surface area contributed by atoms with E-state index in [9.17, 15) is 9.59 Å². The maximum absolute atomic E-state index is 13.1. The third-order valence-corrected chi connectivity index (χ3v) is 5.86. The number of furan rings is 1. The number of hydrogen-bond donors (Lipinski definition) is 0. The molecule has 0 unspecified atom stereocenters. The third-order valence-electron chi connectivity index (χ3n) is 5.86. The summed E-state index contributed by atoms with van der Waals surface area (Å²) in [7, 11) is 0. The van der Waals surface area contributed by atoms with Gasteiger partial charge in [0.15, 0.2) is 0 Å². The first-order valence-corrected chi connectivity index (χ1v) is 9.43. The molecule has 2 aromatic heterocycles. The molecule has 2 atom stereocenters. The van der Waals surface area contributed by atoms with E-state index >= 15 is 0 Å². The Morgan fingerprint density at radius 2 is 1.96 bits per heavy atom. The Labute approximate surface area is 158 Å². The van der Waals surface area contributed by atoms with E-state index in [1.165, 1.54) is 0 Å². The molecule has 27 heavy (non-hydrogen) atoms. The van der Waals surface area contributed by atoms with Crippen molar-refractivity contribution >= 4 is 11.8 Å². The predicted molar refractivity (Wildman–Crippen MR) is 97.1 cm³/mol. The summed E-state index contributed by atoms with van der Waals surface area (Å²) in [5, 5.41) is 4.00. The van der Waals surface area contributed by atoms with Crippen molar-refractivity contribution in [1.29, 1.82) is 0 Å². The summed E-state index contributed by atoms with van der Waals surface area (Å²) in [6.07, 6.45) is 1.74. The van der Waals surface area contributed by atoms with E-state index in [0.717, 1.165) is 35.6 Å². The van der Waals surface area contributed by atoms with Crippen LogP contribution in [0.2, 0.25) is 0 Å². The zero-order valence-corrected chi connectivity index (χ0v) is 16.2. The summed E-state index contributed by atoms with van der Waals surface area (Å²) in [4.78, 5) is 29.8. The van der Waals surface area contributed by atoms with Crippen molar-refractivity contribution in [2.75, 3.05) is 13.1 Å². The molecule has 0 radical (unpaired) electrons. The molecular weight excluding hydrogens is 346 g/mol. The van der Waals surface area contributed by atoms with Crippen molar-refractivity contribution in [3.63, 3.8) is 0 Å². The minimum Gasteiger partial charge on any atom is -0.466 e. The van der Waals surface area contributed by atoms with Gasteiger partial charge in [-0.15, -0.1) is 0 Å². The summed E-state index contributed by atoms with van der Waals surface area (Å²) in [6.45, 7) is 8.92. The molecule has 7 nitrogen and oxygen atoms in total. The van der Waals surface area contributed by atoms with E-state index in [1.807, 2.05) is 37.5 Å². The van der Waals surface area contributed by atoms with E-state index in [0.29, 0.717) is 31.0 Å². The van der Waals surface area contributed by atoms with Gasteiger partial charge >= 0.3 is 0 Å². The number of hydrogen-bond acceptors (Lipinski definition) is 5. The number of carbonyl (C=O) groups excluding carboxylic acids is 2. The van der Waals surface area contributed by atoms with Crippen molar-refractivity contribution in [1.82, 2.24) is 15.0 Å². The highest BCUT2D eigenvalue weighted by atomic mass is 16.5. The Morgan fingerprint density at radius 1 is 1.19 bits per heavy atom. The second-order valence-electron chi connectivity index (χ2n) is 7.73. The fraction of sp³-hybridized carbons (Fsp3) is 0.550. The standard InChI is InChI=1S/C20H25N3O4/c1-11-7-17(13(3)26-11)20(25)22-8-15-5-6-16(9-22)23(19(15)24)10-18-12(2)21-27-14(18)4/h7,15-16H,5-6,8-10H2,1-4H3/t15-,16+/m1/s1. The van der Waals surface area contributed by atoms with Crippen LogP contribution in [0.15, 0.2) is 15.0 Å². The number of aromatic nitrogens is 1. The topological polar surface area (TPSA) is 79.8 Å². The van der Waals surface area contributed by atoms with E-state index in [4.69, 9.17) is 8.94 Å². The second-order valence-corrected chi connectivity index (χ2v) is 7.73. The van der Waals surface area contributed by atoms with E-state index in [2.05, 4.69) is 5.16 Å². The molecule has 5 heterocycles. The van der Waals surface area contributed by atoms with E-state index in [-0.39, 0.29) is 23.8 Å². The molecule has 3 saturated heterocycles. The summed E-state index contributed by atoms with van der Waals surface area (Å²) >= 11 is 0. The van der Waals surface area contributed by atoms with E-state index < -0.39 is 0 Å². The lowest BCUT2D eigenvalue weighted by Crippen LogP contribution is -2.47. The Morgan fingerprint density at radius 3 is 2.59 bits per heavy atom. The first kappa shape index (κ1) is 17.8. The van der Waals surface area contributed by atoms with Crippen LogP contribution in [0.4, 0.5) is 0 Å². The van der Waals surface area contributed by atoms with Gasteiger partial charge in [0.05, 0.1) is 23.7 Å². The minimum absolute atomic E-state index is 0.0159. The van der Waals surface area contributed by atoms with Crippen molar-refractivity contribution in [3.8, 4) is 0 Å². The van der Waals surface area contributed by atoms with Gasteiger partial charge < -0.3 is 18.7 Å². The zero-order chi connectivity index (χ0) is 19.3. The number of carbonyl (C=O) groups is 2. The highest BCUT2D eigenvalue weighted by Crippen LogP contribution is 2.32. The maximum atomic E-state index is 13.1. The lowest BCUT2D eigenvalue weighted by atomic mass is 9.93. The highest BCUT2D eigenvalue weighted by Gasteiger charge is 2.42. The zero-order valence-electron chi connectivity index (χ0n) is 16.2. The third kappa shape index (κ3) is 3.05. The van der Waals surface area contributed by atoms with Crippen LogP contribution < -0.4 is 0 Å². The molecule has 3 aliphatic heterocycles. The largest absolute Gasteiger partial charge is 0.466 e. The number of aryl methyl sites for hydroxylation is 4. The second kappa shape index (κ2) is 6.55. The molecule has 0 aromatic carbocycles. The minimum atomic E-state index is -0.151. The molecule has 0 spiro atoms. The van der Waals surface area contributed by atoms with Crippen LogP contribution in [-0.2, 0) is 11.3 Å². The molecule has 7 heteroatoms. The average Bonchev–Trinajstić information content (AvgIpc) is 2.99. The molecule has 2 bridgehead atoms. The average molecular weight is 371 g/mol. The van der Waals surface area contributed by atoms with Crippen molar-refractivity contribution in [2.24, 2.45) is 5.92 Å². The summed E-state index contributed by atoms with van der Waals surface area (Å²) in [5.41, 5.74) is 2.38. The highest BCUT2D eigenvalue weighted by molar-refractivity contribution is 5.96. The number of nitrogens with zero attached hydrogens (tertiary/aromatic N) is 3. The molecule has 2 aromatic rings. The fourth-order valence-electron chi connectivity index (χ4n) is 4.33. The summed E-state index contributed by atoms with van der Waals surface area (Å²) < 4.78 is 10.8. The van der Waals surface area contributed by atoms with Crippen LogP contribution in [0.3, 0.4) is 0 Å². The molecule has 0 N–H and O–H groups in total. The van der Waals surface area contributed by atoms with Crippen LogP contribution in [0.1, 0.15) is 51.7 Å². The van der Waals surface area contributed by atoms with Gasteiger partial charge in [0.1, 0.15) is 17.3 Å². The fourth-order valence-corrected chi connectivity index (χ4v) is 4.33. The molecule has 3 fully saturated rings. The van der Waals surface area contributed by atoms with E-state index in [1.54, 1.807) is 6.07 Å². The van der Waals surface area contributed by atoms with Gasteiger partial charge in [-0.2, -0.15) is 0 Å². The normalized spacial score (nSPS) is 22.4. The lowest BCUT2D eigenvalue weighted by molar-refractivity contribution is -0.140. The number of fused-ring (bicyclic) bond motifs is 4. The Bertz CT molecular complexity index is 878. The molecule has 3 aliphatic rings. The monoisotopic (exact) mass is 371 g/mol. The van der Waals surface area contributed by atoms with Gasteiger partial charge in [-0.25, -0.2) is 0 Å². The Kier molecular flexibility index (Phi) is 4.32. The van der Waals surface area contributed by atoms with Crippen LogP contribution in [0.5, 0.6) is 0 Å². The SMILES string of the molecule is Cc1cc(C(=O)N2C[C@H]3CC[C@@H](C2)N(Cc2c(C)noc2C)C3=O)c(C)o1. The van der Waals surface area contributed by atoms with Gasteiger partial charge in [0.2, 0.25) is 5.91 Å². The number of piperidine rings is 1. The van der Waals surface area contributed by atoms with Gasteiger partial charge in [0.25, 0.3) is 5.91 Å². The molecule has 0 aliphatic carbocycles. The predicted octanol–water partition coefficient (Wildman–Crippen LogP) is 2.76. The molecule has 2 amide bonds. The first-order valence-electron chi connectivity index (χ1n) is 9.43. The molecule has 5 rings (SSSR count). The van der Waals surface area contributed by atoms with Gasteiger partial charge in [-0.3, -0.25) is 9.59 Å². The Balaban J connectivity index is 1.59. The van der Waals surface area contributed by atoms with Gasteiger partial charge in [-0.05, 0) is 46.6 Å². The van der Waals surface area contributed by atoms with Crippen LogP contribution in [0, 0.1) is 33.6 Å². The summed E-state index contributed by atoms with van der Waals surface area (Å²) in [5.74, 6) is 2.03. The Hall–Kier alpha value is -2.57. The number of rotatable bonds is 3. The first-order chi connectivity index (χ1) is 12.8. The van der Waals surface area contributed by atoms with Crippen molar-refractivity contribution in [3.05, 3.63) is 40.2 Å². The maximum Gasteiger partial charge on any atom is 0.257 e. The van der Waals surface area contributed by atoms with Gasteiger partial charge in [-0.1, -0.05) is 5.16 Å². The summed E-state index contributed by atoms with van der Waals surface area (Å²) in [6, 6.07) is 1.80. The molecule has 144 valence electrons. The lowest BCUT2D eigenvalue weighted by Gasteiger charge is -2.35. The van der Waals surface area contributed by atoms with Gasteiger partial charge in [0, 0.05) is 24.7 Å². The van der Waals surface area contributed by atoms with Crippen LogP contribution >= 0.6 is 0 Å². The van der Waals surface area contributed by atoms with Crippen LogP contribution in [0.25, 0.3) is 0 Å². The van der Waals surface area contributed by atoms with Crippen molar-refractivity contribution < 1.29 is 18.5 Å². The van der Waals surface area contributed by atoms with Crippen molar-refractivity contribution in [2.45, 2.75) is 53.1 Å². The smallest absolute Gasteiger partial charge is 0.257 e. The van der Waals surface area contributed by atoms with Crippen LogP contribution in [-0.4, -0.2) is 45.9 Å². The molecular formula is C20H25N3O4. The molecule has 0 saturated carbocycles. The quantitative estimate of drug-likeness (QED) is 0.829. The number of amides is 2.